The van der Waals surface area contributed by atoms with Crippen molar-refractivity contribution in [1.29, 1.82) is 0 Å². The van der Waals surface area contributed by atoms with Gasteiger partial charge in [0, 0.05) is 0 Å². The maximum absolute atomic E-state index is 5.12. The van der Waals surface area contributed by atoms with Crippen LogP contribution >= 0.6 is 0 Å². The zero-order chi connectivity index (χ0) is 6.41. The van der Waals surface area contributed by atoms with Gasteiger partial charge in [0.15, 0.2) is 0 Å². The molecule has 0 saturated carbocycles. The van der Waals surface area contributed by atoms with Crippen molar-refractivity contribution in [2.75, 3.05) is 0 Å². The molecule has 4 N–H and O–H groups in total. The van der Waals surface area contributed by atoms with Gasteiger partial charge < -0.3 is 11.5 Å². The van der Waals surface area contributed by atoms with Crippen LogP contribution in [0.5, 0.6) is 0 Å². The van der Waals surface area contributed by atoms with Gasteiger partial charge in [-0.25, -0.2) is 0 Å². The van der Waals surface area contributed by atoms with E-state index in [1.165, 1.54) is 0 Å². The standard InChI is InChI=1S/C6H12N2/c1-2-3-4-5-6(7)8/h3-5H,2,7-8H2,1H3/b4-3+. The Hall–Kier alpha value is -0.920. The van der Waals surface area contributed by atoms with Gasteiger partial charge in [-0.15, -0.1) is 0 Å². The third kappa shape index (κ3) is 5.08. The minimum absolute atomic E-state index is 0.356. The molecule has 8 heavy (non-hydrogen) atoms. The van der Waals surface area contributed by atoms with Gasteiger partial charge in [-0.1, -0.05) is 19.1 Å². The summed E-state index contributed by atoms with van der Waals surface area (Å²) in [5.41, 5.74) is 10.2. The highest BCUT2D eigenvalue weighted by Gasteiger charge is 1.67. The van der Waals surface area contributed by atoms with E-state index in [1.54, 1.807) is 6.08 Å². The van der Waals surface area contributed by atoms with Crippen LogP contribution in [0.4, 0.5) is 0 Å². The van der Waals surface area contributed by atoms with E-state index in [0.29, 0.717) is 5.82 Å². The van der Waals surface area contributed by atoms with Crippen LogP contribution < -0.4 is 11.5 Å². The van der Waals surface area contributed by atoms with E-state index in [1.807, 2.05) is 12.2 Å². The summed E-state index contributed by atoms with van der Waals surface area (Å²) in [6.07, 6.45) is 6.52. The van der Waals surface area contributed by atoms with Crippen molar-refractivity contribution in [2.45, 2.75) is 13.3 Å². The molecule has 2 heteroatoms. The lowest BCUT2D eigenvalue weighted by Crippen LogP contribution is -2.06. The predicted octanol–water partition coefficient (Wildman–Crippen LogP) is 0.711. The molecule has 2 nitrogen and oxygen atoms in total. The summed E-state index contributed by atoms with van der Waals surface area (Å²) in [4.78, 5) is 0. The predicted molar refractivity (Wildman–Crippen MR) is 35.9 cm³/mol. The Morgan fingerprint density at radius 2 is 2.12 bits per heavy atom. The number of rotatable bonds is 2. The van der Waals surface area contributed by atoms with E-state index in [-0.39, 0.29) is 0 Å². The molecule has 46 valence electrons. The van der Waals surface area contributed by atoms with Crippen molar-refractivity contribution in [3.8, 4) is 0 Å². The average Bonchev–Trinajstić information content (AvgIpc) is 1.66. The van der Waals surface area contributed by atoms with Crippen LogP contribution in [0.25, 0.3) is 0 Å². The summed E-state index contributed by atoms with van der Waals surface area (Å²) in [5, 5.41) is 0. The number of allylic oxidation sites excluding steroid dienone is 3. The van der Waals surface area contributed by atoms with E-state index < -0.39 is 0 Å². The first-order chi connectivity index (χ1) is 3.77. The van der Waals surface area contributed by atoms with Crippen molar-refractivity contribution < 1.29 is 0 Å². The fourth-order valence-corrected chi connectivity index (χ4v) is 0.315. The minimum Gasteiger partial charge on any atom is -0.386 e. The highest BCUT2D eigenvalue weighted by atomic mass is 14.8. The Morgan fingerprint density at radius 3 is 2.50 bits per heavy atom. The molecule has 0 unspecified atom stereocenters. The largest absolute Gasteiger partial charge is 0.386 e. The highest BCUT2D eigenvalue weighted by molar-refractivity contribution is 5.06. The van der Waals surface area contributed by atoms with Crippen LogP contribution in [-0.2, 0) is 0 Å². The molecule has 0 fully saturated rings. The SMILES string of the molecule is CC/C=C/C=C(N)N. The zero-order valence-corrected chi connectivity index (χ0v) is 5.09. The Bertz CT molecular complexity index is 99.1. The molecule has 0 aliphatic heterocycles. The van der Waals surface area contributed by atoms with Gasteiger partial charge in [-0.3, -0.25) is 0 Å². The Kier molecular flexibility index (Phi) is 3.76. The van der Waals surface area contributed by atoms with Gasteiger partial charge in [0.1, 0.15) is 0 Å². The van der Waals surface area contributed by atoms with Crippen molar-refractivity contribution in [3.63, 3.8) is 0 Å². The Morgan fingerprint density at radius 1 is 1.50 bits per heavy atom. The van der Waals surface area contributed by atoms with Gasteiger partial charge in [0.2, 0.25) is 0 Å². The van der Waals surface area contributed by atoms with Crippen molar-refractivity contribution in [1.82, 2.24) is 0 Å². The Balaban J connectivity index is 3.42. The molecule has 0 aliphatic carbocycles. The number of hydrogen-bond donors (Lipinski definition) is 2. The van der Waals surface area contributed by atoms with E-state index in [9.17, 15) is 0 Å². The second kappa shape index (κ2) is 4.24. The summed E-state index contributed by atoms with van der Waals surface area (Å²) in [6.45, 7) is 2.05. The summed E-state index contributed by atoms with van der Waals surface area (Å²) >= 11 is 0. The summed E-state index contributed by atoms with van der Waals surface area (Å²) < 4.78 is 0. The fourth-order valence-electron chi connectivity index (χ4n) is 0.315. The molecule has 0 aromatic carbocycles. The highest BCUT2D eigenvalue weighted by Crippen LogP contribution is 1.80. The molecular weight excluding hydrogens is 100 g/mol. The molecule has 0 aromatic rings. The summed E-state index contributed by atoms with van der Waals surface area (Å²) in [5.74, 6) is 0.356. The fraction of sp³-hybridized carbons (Fsp3) is 0.333. The minimum atomic E-state index is 0.356. The molecule has 0 heterocycles. The molecule has 0 atom stereocenters. The van der Waals surface area contributed by atoms with Crippen LogP contribution in [0.2, 0.25) is 0 Å². The second-order valence-corrected chi connectivity index (χ2v) is 1.50. The smallest absolute Gasteiger partial charge is 0.0933 e. The van der Waals surface area contributed by atoms with E-state index in [4.69, 9.17) is 11.5 Å². The molecule has 0 amide bonds. The first-order valence-corrected chi connectivity index (χ1v) is 2.65. The van der Waals surface area contributed by atoms with E-state index in [2.05, 4.69) is 6.92 Å². The lowest BCUT2D eigenvalue weighted by atomic mass is 10.4. The van der Waals surface area contributed by atoms with E-state index >= 15 is 0 Å². The third-order valence-corrected chi connectivity index (χ3v) is 0.660. The van der Waals surface area contributed by atoms with Crippen LogP contribution in [0.1, 0.15) is 13.3 Å². The van der Waals surface area contributed by atoms with Crippen LogP contribution in [0, 0.1) is 0 Å². The van der Waals surface area contributed by atoms with Crippen LogP contribution in [0.3, 0.4) is 0 Å². The summed E-state index contributed by atoms with van der Waals surface area (Å²) in [6, 6.07) is 0. The second-order valence-electron chi connectivity index (χ2n) is 1.50. The van der Waals surface area contributed by atoms with Crippen molar-refractivity contribution in [2.24, 2.45) is 11.5 Å². The summed E-state index contributed by atoms with van der Waals surface area (Å²) in [7, 11) is 0. The van der Waals surface area contributed by atoms with Gasteiger partial charge in [0.05, 0.1) is 5.82 Å². The lowest BCUT2D eigenvalue weighted by Gasteiger charge is -1.82. The first-order valence-electron chi connectivity index (χ1n) is 2.65. The van der Waals surface area contributed by atoms with Gasteiger partial charge >= 0.3 is 0 Å². The molecule has 0 aromatic heterocycles. The van der Waals surface area contributed by atoms with Gasteiger partial charge in [-0.05, 0) is 12.5 Å². The molecule has 0 radical (unpaired) electrons. The maximum atomic E-state index is 5.12. The first kappa shape index (κ1) is 7.08. The average molecular weight is 112 g/mol. The molecule has 0 saturated heterocycles. The zero-order valence-electron chi connectivity index (χ0n) is 5.09. The third-order valence-electron chi connectivity index (χ3n) is 0.660. The van der Waals surface area contributed by atoms with Gasteiger partial charge in [-0.2, -0.15) is 0 Å². The molecule has 0 aliphatic rings. The maximum Gasteiger partial charge on any atom is 0.0933 e. The topological polar surface area (TPSA) is 52.0 Å². The normalized spacial score (nSPS) is 9.62. The monoisotopic (exact) mass is 112 g/mol. The van der Waals surface area contributed by atoms with E-state index in [0.717, 1.165) is 6.42 Å². The molecule has 0 bridgehead atoms. The van der Waals surface area contributed by atoms with Crippen LogP contribution in [0.15, 0.2) is 24.0 Å². The Labute approximate surface area is 49.9 Å². The quantitative estimate of drug-likeness (QED) is 0.517. The lowest BCUT2D eigenvalue weighted by molar-refractivity contribution is 1.21. The van der Waals surface area contributed by atoms with Crippen molar-refractivity contribution >= 4 is 0 Å². The van der Waals surface area contributed by atoms with Gasteiger partial charge in [0.25, 0.3) is 0 Å². The molecule has 0 spiro atoms. The molecular formula is C6H12N2. The molecule has 0 rings (SSSR count). The number of nitrogens with two attached hydrogens (primary N) is 2. The number of hydrogen-bond acceptors (Lipinski definition) is 2. The van der Waals surface area contributed by atoms with Crippen molar-refractivity contribution in [3.05, 3.63) is 24.0 Å². The van der Waals surface area contributed by atoms with Crippen LogP contribution in [-0.4, -0.2) is 0 Å².